The lowest BCUT2D eigenvalue weighted by Crippen LogP contribution is -2.64. The highest BCUT2D eigenvalue weighted by molar-refractivity contribution is 5.97. The Labute approximate surface area is 120 Å². The normalized spacial score (nSPS) is 30.6. The fourth-order valence-corrected chi connectivity index (χ4v) is 3.17. The molecule has 3 aliphatic rings. The van der Waals surface area contributed by atoms with E-state index in [2.05, 4.69) is 5.32 Å². The predicted molar refractivity (Wildman–Crippen MR) is 74.0 cm³/mol. The summed E-state index contributed by atoms with van der Waals surface area (Å²) in [6.07, 6.45) is 6.15. The van der Waals surface area contributed by atoms with Crippen molar-refractivity contribution in [1.82, 2.24) is 10.2 Å². The zero-order valence-electron chi connectivity index (χ0n) is 12.1. The van der Waals surface area contributed by atoms with E-state index in [0.717, 1.165) is 38.5 Å². The molecule has 5 nitrogen and oxygen atoms in total. The van der Waals surface area contributed by atoms with Crippen molar-refractivity contribution in [1.29, 1.82) is 0 Å². The molecule has 3 rings (SSSR count). The van der Waals surface area contributed by atoms with Gasteiger partial charge < -0.3 is 15.0 Å². The third-order valence-electron chi connectivity index (χ3n) is 4.61. The molecular formula is C15H24N2O3. The molecule has 2 saturated carbocycles. The first-order chi connectivity index (χ1) is 9.72. The van der Waals surface area contributed by atoms with E-state index in [9.17, 15) is 9.59 Å². The molecule has 0 bridgehead atoms. The number of ether oxygens (including phenoxy) is 1. The van der Waals surface area contributed by atoms with E-state index in [1.807, 2.05) is 4.90 Å². The Kier molecular flexibility index (Phi) is 3.96. The molecule has 1 N–H and O–H groups in total. The first kappa shape index (κ1) is 13.9. The lowest BCUT2D eigenvalue weighted by Gasteiger charge is -2.39. The Morgan fingerprint density at radius 1 is 1.15 bits per heavy atom. The smallest absolute Gasteiger partial charge is 0.246 e. The molecule has 3 fully saturated rings. The highest BCUT2D eigenvalue weighted by Crippen LogP contribution is 2.40. The monoisotopic (exact) mass is 280 g/mol. The molecule has 5 heteroatoms. The van der Waals surface area contributed by atoms with E-state index in [1.54, 1.807) is 7.11 Å². The number of unbranched alkanes of at least 4 members (excludes halogenated alkanes) is 1. The summed E-state index contributed by atoms with van der Waals surface area (Å²) in [6, 6.07) is -0.458. The number of nitrogens with zero attached hydrogens (tertiary/aromatic N) is 1. The van der Waals surface area contributed by atoms with Crippen molar-refractivity contribution in [3.63, 3.8) is 0 Å². The molecule has 0 aromatic rings. The topological polar surface area (TPSA) is 58.6 Å². The van der Waals surface area contributed by atoms with E-state index in [4.69, 9.17) is 4.74 Å². The summed E-state index contributed by atoms with van der Waals surface area (Å²) in [5, 5.41) is 2.98. The van der Waals surface area contributed by atoms with E-state index < -0.39 is 0 Å². The average molecular weight is 280 g/mol. The van der Waals surface area contributed by atoms with Crippen molar-refractivity contribution < 1.29 is 14.3 Å². The second kappa shape index (κ2) is 5.72. The van der Waals surface area contributed by atoms with Gasteiger partial charge in [0.15, 0.2) is 0 Å². The van der Waals surface area contributed by atoms with Crippen molar-refractivity contribution in [3.8, 4) is 0 Å². The first-order valence-corrected chi connectivity index (χ1v) is 7.82. The largest absolute Gasteiger partial charge is 0.385 e. The molecule has 2 aliphatic carbocycles. The minimum atomic E-state index is -0.250. The SMILES string of the molecule is COCCCCN1C(=O)C(C2CC2)NC(=O)C1C1CC1. The van der Waals surface area contributed by atoms with Crippen LogP contribution in [0.2, 0.25) is 0 Å². The molecule has 2 unspecified atom stereocenters. The van der Waals surface area contributed by atoms with Crippen LogP contribution < -0.4 is 5.32 Å². The third kappa shape index (κ3) is 2.82. The van der Waals surface area contributed by atoms with Crippen molar-refractivity contribution in [2.24, 2.45) is 11.8 Å². The maximum atomic E-state index is 12.6. The number of piperazine rings is 1. The molecular weight excluding hydrogens is 256 g/mol. The highest BCUT2D eigenvalue weighted by atomic mass is 16.5. The molecule has 0 radical (unpaired) electrons. The van der Waals surface area contributed by atoms with E-state index >= 15 is 0 Å². The Hall–Kier alpha value is -1.10. The second-order valence-corrected chi connectivity index (χ2v) is 6.34. The number of nitrogens with one attached hydrogen (secondary N) is 1. The molecule has 1 heterocycles. The lowest BCUT2D eigenvalue weighted by molar-refractivity contribution is -0.151. The Morgan fingerprint density at radius 3 is 2.45 bits per heavy atom. The molecule has 112 valence electrons. The van der Waals surface area contributed by atoms with Gasteiger partial charge in [-0.15, -0.1) is 0 Å². The van der Waals surface area contributed by atoms with Crippen LogP contribution in [0.1, 0.15) is 38.5 Å². The van der Waals surface area contributed by atoms with Crippen LogP contribution in [0.5, 0.6) is 0 Å². The van der Waals surface area contributed by atoms with Gasteiger partial charge in [-0.3, -0.25) is 9.59 Å². The standard InChI is InChI=1S/C15H24N2O3/c1-20-9-3-2-8-17-13(11-6-7-11)14(18)16-12(15(17)19)10-4-5-10/h10-13H,2-9H2,1H3,(H,16,18). The third-order valence-corrected chi connectivity index (χ3v) is 4.61. The maximum absolute atomic E-state index is 12.6. The number of amides is 2. The number of carbonyl (C=O) groups is 2. The summed E-state index contributed by atoms with van der Waals surface area (Å²) in [4.78, 5) is 26.8. The molecule has 0 spiro atoms. The Balaban J connectivity index is 1.65. The van der Waals surface area contributed by atoms with Gasteiger partial charge in [-0.25, -0.2) is 0 Å². The van der Waals surface area contributed by atoms with Crippen LogP contribution in [0, 0.1) is 11.8 Å². The molecule has 20 heavy (non-hydrogen) atoms. The zero-order valence-corrected chi connectivity index (χ0v) is 12.1. The summed E-state index contributed by atoms with van der Waals surface area (Å²) < 4.78 is 5.05. The van der Waals surface area contributed by atoms with Crippen LogP contribution in [-0.4, -0.2) is 49.1 Å². The minimum absolute atomic E-state index is 0.0794. The maximum Gasteiger partial charge on any atom is 0.246 e. The predicted octanol–water partition coefficient (Wildman–Crippen LogP) is 0.929. The van der Waals surface area contributed by atoms with Gasteiger partial charge in [0.25, 0.3) is 0 Å². The van der Waals surface area contributed by atoms with Crippen molar-refractivity contribution >= 4 is 11.8 Å². The van der Waals surface area contributed by atoms with Crippen LogP contribution >= 0.6 is 0 Å². The first-order valence-electron chi connectivity index (χ1n) is 7.82. The zero-order chi connectivity index (χ0) is 14.1. The fraction of sp³-hybridized carbons (Fsp3) is 0.867. The Bertz CT molecular complexity index is 391. The summed E-state index contributed by atoms with van der Waals surface area (Å²) in [6.45, 7) is 1.41. The number of carbonyl (C=O) groups excluding carboxylic acids is 2. The average Bonchev–Trinajstić information content (AvgIpc) is 3.28. The van der Waals surface area contributed by atoms with Gasteiger partial charge in [-0.2, -0.15) is 0 Å². The van der Waals surface area contributed by atoms with Gasteiger partial charge in [0, 0.05) is 20.3 Å². The van der Waals surface area contributed by atoms with Crippen LogP contribution in [0.25, 0.3) is 0 Å². The summed E-state index contributed by atoms with van der Waals surface area (Å²) in [5.74, 6) is 1.01. The van der Waals surface area contributed by atoms with Gasteiger partial charge >= 0.3 is 0 Å². The van der Waals surface area contributed by atoms with E-state index in [0.29, 0.717) is 25.0 Å². The number of methoxy groups -OCH3 is 1. The van der Waals surface area contributed by atoms with Gasteiger partial charge in [0.1, 0.15) is 12.1 Å². The lowest BCUT2D eigenvalue weighted by atomic mass is 10.00. The van der Waals surface area contributed by atoms with Crippen LogP contribution in [0.3, 0.4) is 0 Å². The summed E-state index contributed by atoms with van der Waals surface area (Å²) in [7, 11) is 1.69. The molecule has 1 aliphatic heterocycles. The minimum Gasteiger partial charge on any atom is -0.385 e. The molecule has 0 aromatic heterocycles. The molecule has 2 atom stereocenters. The quantitative estimate of drug-likeness (QED) is 0.706. The van der Waals surface area contributed by atoms with Crippen LogP contribution in [0.4, 0.5) is 0 Å². The molecule has 0 aromatic carbocycles. The van der Waals surface area contributed by atoms with Gasteiger partial charge in [-0.05, 0) is 50.4 Å². The number of hydrogen-bond donors (Lipinski definition) is 1. The highest BCUT2D eigenvalue weighted by Gasteiger charge is 2.50. The number of rotatable bonds is 7. The Morgan fingerprint density at radius 2 is 1.85 bits per heavy atom. The summed E-state index contributed by atoms with van der Waals surface area (Å²) >= 11 is 0. The second-order valence-electron chi connectivity index (χ2n) is 6.34. The summed E-state index contributed by atoms with van der Waals surface area (Å²) in [5.41, 5.74) is 0. The van der Waals surface area contributed by atoms with Crippen LogP contribution in [0.15, 0.2) is 0 Å². The van der Waals surface area contributed by atoms with Gasteiger partial charge in [-0.1, -0.05) is 0 Å². The van der Waals surface area contributed by atoms with Crippen molar-refractivity contribution in [2.45, 2.75) is 50.6 Å². The van der Waals surface area contributed by atoms with E-state index in [-0.39, 0.29) is 23.9 Å². The molecule has 1 saturated heterocycles. The fourth-order valence-electron chi connectivity index (χ4n) is 3.17. The van der Waals surface area contributed by atoms with Crippen LogP contribution in [-0.2, 0) is 14.3 Å². The van der Waals surface area contributed by atoms with Crippen molar-refractivity contribution in [3.05, 3.63) is 0 Å². The van der Waals surface area contributed by atoms with Gasteiger partial charge in [0.05, 0.1) is 0 Å². The van der Waals surface area contributed by atoms with Crippen molar-refractivity contribution in [2.75, 3.05) is 20.3 Å². The molecule has 2 amide bonds. The number of hydrogen-bond acceptors (Lipinski definition) is 3. The van der Waals surface area contributed by atoms with E-state index in [1.165, 1.54) is 0 Å². The van der Waals surface area contributed by atoms with Gasteiger partial charge in [0.2, 0.25) is 11.8 Å².